The lowest BCUT2D eigenvalue weighted by atomic mass is 9.94. The summed E-state index contributed by atoms with van der Waals surface area (Å²) in [7, 11) is 0. The molecule has 12 heteroatoms. The molecule has 9 nitrogen and oxygen atoms in total. The van der Waals surface area contributed by atoms with Gasteiger partial charge in [-0.25, -0.2) is 4.79 Å². The maximum absolute atomic E-state index is 12.3. The third-order valence-corrected chi connectivity index (χ3v) is 5.00. The van der Waals surface area contributed by atoms with Crippen LogP contribution in [-0.2, 0) is 19.2 Å². The SMILES string of the molecule is C#C[C@@H](CNC(=O)[C@@H]1CCCN(C(=O)CCC2CNC2)C1)C(=O)O.O=C(O)C(F)(F)F. The van der Waals surface area contributed by atoms with Crippen LogP contribution in [0.2, 0.25) is 0 Å². The van der Waals surface area contributed by atoms with Crippen LogP contribution >= 0.6 is 0 Å². The first-order chi connectivity index (χ1) is 14.5. The number of likely N-dealkylation sites (tertiary alicyclic amines) is 1. The first-order valence-electron chi connectivity index (χ1n) is 9.71. The molecule has 0 unspecified atom stereocenters. The average Bonchev–Trinajstić information content (AvgIpc) is 2.66. The van der Waals surface area contributed by atoms with E-state index in [4.69, 9.17) is 21.4 Å². The van der Waals surface area contributed by atoms with Gasteiger partial charge in [-0.05, 0) is 38.3 Å². The van der Waals surface area contributed by atoms with Gasteiger partial charge in [-0.2, -0.15) is 13.2 Å². The Hall–Kier alpha value is -2.81. The standard InChI is InChI=1S/C17H25N3O4.C2HF3O2/c1-2-13(17(23)24)10-19-16(22)14-4-3-7-20(11-14)15(21)6-5-12-8-18-9-12;3-2(4,5)1(6)7/h1,12-14,18H,3-11H2,(H,19,22)(H,23,24);(H,6,7)/t13-,14+;/m0./s1. The van der Waals surface area contributed by atoms with Crippen molar-refractivity contribution in [3.63, 3.8) is 0 Å². The summed E-state index contributed by atoms with van der Waals surface area (Å²) in [6, 6.07) is 0. The number of carboxylic acids is 2. The Morgan fingerprint density at radius 3 is 2.29 bits per heavy atom. The molecule has 0 saturated carbocycles. The molecule has 2 heterocycles. The zero-order chi connectivity index (χ0) is 23.6. The largest absolute Gasteiger partial charge is 0.490 e. The van der Waals surface area contributed by atoms with Crippen molar-refractivity contribution in [3.8, 4) is 12.3 Å². The smallest absolute Gasteiger partial charge is 0.480 e. The van der Waals surface area contributed by atoms with Crippen molar-refractivity contribution in [2.45, 2.75) is 31.9 Å². The number of hydrogen-bond donors (Lipinski definition) is 4. The van der Waals surface area contributed by atoms with Crippen molar-refractivity contribution >= 4 is 23.8 Å². The molecule has 0 spiro atoms. The number of terminal acetylenes is 1. The zero-order valence-electron chi connectivity index (χ0n) is 16.8. The summed E-state index contributed by atoms with van der Waals surface area (Å²) in [5.74, 6) is -2.58. The maximum atomic E-state index is 12.3. The van der Waals surface area contributed by atoms with Crippen LogP contribution in [0.15, 0.2) is 0 Å². The summed E-state index contributed by atoms with van der Waals surface area (Å²) in [4.78, 5) is 46.0. The van der Waals surface area contributed by atoms with E-state index in [0.717, 1.165) is 25.9 Å². The number of carbonyl (C=O) groups is 4. The molecule has 0 aliphatic carbocycles. The number of amides is 2. The van der Waals surface area contributed by atoms with E-state index >= 15 is 0 Å². The minimum atomic E-state index is -5.08. The summed E-state index contributed by atoms with van der Waals surface area (Å²) in [5.41, 5.74) is 0. The first-order valence-corrected chi connectivity index (χ1v) is 9.71. The Balaban J connectivity index is 0.000000592. The molecule has 0 aromatic heterocycles. The van der Waals surface area contributed by atoms with Crippen molar-refractivity contribution in [1.29, 1.82) is 0 Å². The Morgan fingerprint density at radius 1 is 1.23 bits per heavy atom. The predicted octanol–water partition coefficient (Wildman–Crippen LogP) is 0.308. The number of rotatable bonds is 7. The van der Waals surface area contributed by atoms with Gasteiger partial charge in [0.2, 0.25) is 11.8 Å². The third kappa shape index (κ3) is 9.25. The van der Waals surface area contributed by atoms with Gasteiger partial charge >= 0.3 is 18.1 Å². The number of aliphatic carboxylic acids is 2. The highest BCUT2D eigenvalue weighted by Crippen LogP contribution is 2.19. The molecule has 0 radical (unpaired) electrons. The van der Waals surface area contributed by atoms with Gasteiger partial charge in [0.1, 0.15) is 5.92 Å². The monoisotopic (exact) mass is 449 g/mol. The zero-order valence-corrected chi connectivity index (χ0v) is 16.8. The van der Waals surface area contributed by atoms with Crippen molar-refractivity contribution in [2.75, 3.05) is 32.7 Å². The summed E-state index contributed by atoms with van der Waals surface area (Å²) in [5, 5.41) is 21.8. The molecule has 2 atom stereocenters. The van der Waals surface area contributed by atoms with Crippen LogP contribution in [0.25, 0.3) is 0 Å². The van der Waals surface area contributed by atoms with Crippen molar-refractivity contribution in [2.24, 2.45) is 17.8 Å². The van der Waals surface area contributed by atoms with Gasteiger partial charge in [0.15, 0.2) is 0 Å². The van der Waals surface area contributed by atoms with Gasteiger partial charge in [-0.1, -0.05) is 5.92 Å². The highest BCUT2D eigenvalue weighted by atomic mass is 19.4. The van der Waals surface area contributed by atoms with E-state index < -0.39 is 24.0 Å². The number of hydrogen-bond acceptors (Lipinski definition) is 5. The molecule has 0 aromatic carbocycles. The van der Waals surface area contributed by atoms with Crippen molar-refractivity contribution in [1.82, 2.24) is 15.5 Å². The Morgan fingerprint density at radius 2 is 1.84 bits per heavy atom. The summed E-state index contributed by atoms with van der Waals surface area (Å²) < 4.78 is 31.7. The number of carbonyl (C=O) groups excluding carboxylic acids is 2. The van der Waals surface area contributed by atoms with Gasteiger partial charge in [-0.3, -0.25) is 14.4 Å². The summed E-state index contributed by atoms with van der Waals surface area (Å²) in [6.45, 7) is 2.98. The minimum Gasteiger partial charge on any atom is -0.480 e. The topological polar surface area (TPSA) is 136 Å². The first kappa shape index (κ1) is 26.2. The molecule has 2 rings (SSSR count). The van der Waals surface area contributed by atoms with Gasteiger partial charge in [0, 0.05) is 26.1 Å². The molecule has 2 saturated heterocycles. The van der Waals surface area contributed by atoms with Crippen LogP contribution in [0.5, 0.6) is 0 Å². The molecular formula is C19H26F3N3O6. The molecule has 174 valence electrons. The summed E-state index contributed by atoms with van der Waals surface area (Å²) >= 11 is 0. The second kappa shape index (κ2) is 12.1. The molecule has 2 aliphatic rings. The molecule has 2 fully saturated rings. The molecule has 0 bridgehead atoms. The molecule has 4 N–H and O–H groups in total. The van der Waals surface area contributed by atoms with Crippen molar-refractivity contribution < 1.29 is 42.6 Å². The quantitative estimate of drug-likeness (QED) is 0.411. The van der Waals surface area contributed by atoms with E-state index in [2.05, 4.69) is 16.6 Å². The van der Waals surface area contributed by atoms with Crippen LogP contribution in [0.3, 0.4) is 0 Å². The number of alkyl halides is 3. The van der Waals surface area contributed by atoms with Gasteiger partial charge in [0.05, 0.1) is 5.92 Å². The lowest BCUT2D eigenvalue weighted by Crippen LogP contribution is -2.47. The van der Waals surface area contributed by atoms with Crippen LogP contribution in [-0.4, -0.2) is 77.8 Å². The molecule has 0 aromatic rings. The Kier molecular flexibility index (Phi) is 10.3. The normalized spacial score (nSPS) is 19.7. The van der Waals surface area contributed by atoms with E-state index in [-0.39, 0.29) is 24.3 Å². The lowest BCUT2D eigenvalue weighted by molar-refractivity contribution is -0.192. The lowest BCUT2D eigenvalue weighted by Gasteiger charge is -2.33. The fourth-order valence-corrected chi connectivity index (χ4v) is 3.02. The number of halogens is 3. The fraction of sp³-hybridized carbons (Fsp3) is 0.684. The highest BCUT2D eigenvalue weighted by Gasteiger charge is 2.38. The predicted molar refractivity (Wildman–Crippen MR) is 102 cm³/mol. The van der Waals surface area contributed by atoms with Gasteiger partial charge < -0.3 is 25.7 Å². The minimum absolute atomic E-state index is 0.0796. The van der Waals surface area contributed by atoms with Crippen LogP contribution in [0.4, 0.5) is 13.2 Å². The van der Waals surface area contributed by atoms with E-state index in [1.807, 2.05) is 0 Å². The van der Waals surface area contributed by atoms with Gasteiger partial charge in [0.25, 0.3) is 0 Å². The molecule has 31 heavy (non-hydrogen) atoms. The van der Waals surface area contributed by atoms with Crippen LogP contribution in [0, 0.1) is 30.1 Å². The van der Waals surface area contributed by atoms with Crippen LogP contribution < -0.4 is 10.6 Å². The fourth-order valence-electron chi connectivity index (χ4n) is 3.02. The Labute approximate surface area is 177 Å². The van der Waals surface area contributed by atoms with E-state index in [0.29, 0.717) is 31.8 Å². The summed E-state index contributed by atoms with van der Waals surface area (Å²) in [6.07, 6.45) is 2.96. The second-order valence-corrected chi connectivity index (χ2v) is 7.35. The van der Waals surface area contributed by atoms with E-state index in [1.165, 1.54) is 0 Å². The highest BCUT2D eigenvalue weighted by molar-refractivity contribution is 5.82. The average molecular weight is 449 g/mol. The second-order valence-electron chi connectivity index (χ2n) is 7.35. The number of nitrogens with zero attached hydrogens (tertiary/aromatic N) is 1. The van der Waals surface area contributed by atoms with E-state index in [1.54, 1.807) is 4.90 Å². The number of piperidine rings is 1. The van der Waals surface area contributed by atoms with E-state index in [9.17, 15) is 27.6 Å². The molecule has 2 amide bonds. The maximum Gasteiger partial charge on any atom is 0.490 e. The third-order valence-electron chi connectivity index (χ3n) is 5.00. The number of carboxylic acid groups (broad SMARTS) is 2. The molecule has 2 aliphatic heterocycles. The van der Waals surface area contributed by atoms with Crippen LogP contribution in [0.1, 0.15) is 25.7 Å². The number of nitrogens with one attached hydrogen (secondary N) is 2. The molecular weight excluding hydrogens is 423 g/mol. The van der Waals surface area contributed by atoms with Crippen molar-refractivity contribution in [3.05, 3.63) is 0 Å². The Bertz CT molecular complexity index is 703. The van der Waals surface area contributed by atoms with Gasteiger partial charge in [-0.15, -0.1) is 6.42 Å².